The van der Waals surface area contributed by atoms with E-state index in [1.165, 1.54) is 37.1 Å². The van der Waals surface area contributed by atoms with Crippen molar-refractivity contribution in [1.82, 2.24) is 0 Å². The Labute approximate surface area is 123 Å². The van der Waals surface area contributed by atoms with Gasteiger partial charge < -0.3 is 15.5 Å². The first-order valence-electron chi connectivity index (χ1n) is 7.96. The maximum absolute atomic E-state index is 6.25. The first-order chi connectivity index (χ1) is 9.68. The SMILES string of the molecule is CCCC(CN)(CCC)N1CCN(C)c2ccccc21. The van der Waals surface area contributed by atoms with Crippen molar-refractivity contribution >= 4 is 11.4 Å². The zero-order valence-electron chi connectivity index (χ0n) is 13.2. The predicted molar refractivity (Wildman–Crippen MR) is 88.7 cm³/mol. The maximum Gasteiger partial charge on any atom is 0.0609 e. The topological polar surface area (TPSA) is 32.5 Å². The molecule has 3 heteroatoms. The standard InChI is InChI=1S/C17H29N3/c1-4-10-17(14-18,11-5-2)20-13-12-19(3)15-8-6-7-9-16(15)20/h6-9H,4-5,10-14,18H2,1-3H3. The fourth-order valence-corrected chi connectivity index (χ4v) is 3.64. The minimum Gasteiger partial charge on any atom is -0.371 e. The van der Waals surface area contributed by atoms with E-state index in [0.29, 0.717) is 0 Å². The lowest BCUT2D eigenvalue weighted by Gasteiger charge is -2.49. The van der Waals surface area contributed by atoms with Crippen molar-refractivity contribution in [3.05, 3.63) is 24.3 Å². The monoisotopic (exact) mass is 275 g/mol. The van der Waals surface area contributed by atoms with Crippen molar-refractivity contribution in [3.8, 4) is 0 Å². The Bertz CT molecular complexity index is 424. The quantitative estimate of drug-likeness (QED) is 0.865. The average Bonchev–Trinajstić information content (AvgIpc) is 2.48. The van der Waals surface area contributed by atoms with Crippen LogP contribution in [0.2, 0.25) is 0 Å². The number of rotatable bonds is 6. The summed E-state index contributed by atoms with van der Waals surface area (Å²) in [5, 5.41) is 0. The number of anilines is 2. The molecule has 112 valence electrons. The fraction of sp³-hybridized carbons (Fsp3) is 0.647. The van der Waals surface area contributed by atoms with Gasteiger partial charge in [-0.1, -0.05) is 38.8 Å². The molecule has 2 N–H and O–H groups in total. The van der Waals surface area contributed by atoms with Gasteiger partial charge in [-0.25, -0.2) is 0 Å². The molecule has 0 saturated heterocycles. The Morgan fingerprint density at radius 3 is 2.20 bits per heavy atom. The number of likely N-dealkylation sites (N-methyl/N-ethyl adjacent to an activating group) is 1. The van der Waals surface area contributed by atoms with Gasteiger partial charge in [0.1, 0.15) is 0 Å². The molecule has 20 heavy (non-hydrogen) atoms. The van der Waals surface area contributed by atoms with Gasteiger partial charge in [-0.05, 0) is 25.0 Å². The summed E-state index contributed by atoms with van der Waals surface area (Å²) in [5.41, 5.74) is 9.07. The van der Waals surface area contributed by atoms with Crippen LogP contribution in [-0.4, -0.2) is 32.2 Å². The van der Waals surface area contributed by atoms with Gasteiger partial charge >= 0.3 is 0 Å². The summed E-state index contributed by atoms with van der Waals surface area (Å²) in [6.45, 7) is 7.42. The van der Waals surface area contributed by atoms with Gasteiger partial charge in [-0.15, -0.1) is 0 Å². The molecular weight excluding hydrogens is 246 g/mol. The number of benzene rings is 1. The molecular formula is C17H29N3. The lowest BCUT2D eigenvalue weighted by atomic mass is 9.85. The normalized spacial score (nSPS) is 15.4. The Morgan fingerprint density at radius 1 is 1.05 bits per heavy atom. The summed E-state index contributed by atoms with van der Waals surface area (Å²) in [6, 6.07) is 8.74. The lowest BCUT2D eigenvalue weighted by molar-refractivity contribution is 0.333. The van der Waals surface area contributed by atoms with Crippen molar-refractivity contribution in [3.63, 3.8) is 0 Å². The van der Waals surface area contributed by atoms with Gasteiger partial charge in [0.15, 0.2) is 0 Å². The first kappa shape index (κ1) is 15.2. The Balaban J connectivity index is 2.42. The van der Waals surface area contributed by atoms with Crippen molar-refractivity contribution in [2.45, 2.75) is 45.1 Å². The van der Waals surface area contributed by atoms with Gasteiger partial charge in [0, 0.05) is 26.7 Å². The molecule has 0 bridgehead atoms. The third-order valence-corrected chi connectivity index (χ3v) is 4.63. The van der Waals surface area contributed by atoms with Crippen LogP contribution in [0, 0.1) is 0 Å². The highest BCUT2D eigenvalue weighted by molar-refractivity contribution is 5.74. The van der Waals surface area contributed by atoms with Crippen molar-refractivity contribution in [1.29, 1.82) is 0 Å². The van der Waals surface area contributed by atoms with Gasteiger partial charge in [-0.3, -0.25) is 0 Å². The smallest absolute Gasteiger partial charge is 0.0609 e. The summed E-state index contributed by atoms with van der Waals surface area (Å²) in [4.78, 5) is 4.94. The molecule has 2 rings (SSSR count). The van der Waals surface area contributed by atoms with Crippen LogP contribution in [0.3, 0.4) is 0 Å². The van der Waals surface area contributed by atoms with Crippen LogP contribution in [0.4, 0.5) is 11.4 Å². The predicted octanol–water partition coefficient (Wildman–Crippen LogP) is 3.24. The molecule has 0 amide bonds. The Hall–Kier alpha value is -1.22. The van der Waals surface area contributed by atoms with E-state index in [2.05, 4.69) is 55.0 Å². The fourth-order valence-electron chi connectivity index (χ4n) is 3.64. The Kier molecular flexibility index (Phi) is 4.92. The van der Waals surface area contributed by atoms with Gasteiger partial charge in [0.2, 0.25) is 0 Å². The molecule has 0 atom stereocenters. The van der Waals surface area contributed by atoms with E-state index < -0.39 is 0 Å². The van der Waals surface area contributed by atoms with Crippen LogP contribution in [0.1, 0.15) is 39.5 Å². The number of hydrogen-bond acceptors (Lipinski definition) is 3. The van der Waals surface area contributed by atoms with Crippen molar-refractivity contribution < 1.29 is 0 Å². The number of nitrogens with two attached hydrogens (primary N) is 1. The minimum atomic E-state index is 0.126. The van der Waals surface area contributed by atoms with Crippen LogP contribution in [0.15, 0.2) is 24.3 Å². The molecule has 1 aliphatic rings. The summed E-state index contributed by atoms with van der Waals surface area (Å²) in [6.07, 6.45) is 4.72. The highest BCUT2D eigenvalue weighted by atomic mass is 15.3. The molecule has 0 fully saturated rings. The second-order valence-electron chi connectivity index (χ2n) is 5.99. The number of fused-ring (bicyclic) bond motifs is 1. The third kappa shape index (κ3) is 2.64. The van der Waals surface area contributed by atoms with Crippen LogP contribution >= 0.6 is 0 Å². The molecule has 1 aromatic carbocycles. The molecule has 0 aliphatic carbocycles. The van der Waals surface area contributed by atoms with Crippen molar-refractivity contribution in [2.24, 2.45) is 5.73 Å². The molecule has 1 aromatic rings. The zero-order valence-corrected chi connectivity index (χ0v) is 13.2. The zero-order chi connectivity index (χ0) is 14.6. The molecule has 0 unspecified atom stereocenters. The van der Waals surface area contributed by atoms with E-state index in [1.807, 2.05) is 0 Å². The largest absolute Gasteiger partial charge is 0.371 e. The van der Waals surface area contributed by atoms with E-state index in [4.69, 9.17) is 5.73 Å². The number of hydrogen-bond donors (Lipinski definition) is 1. The summed E-state index contributed by atoms with van der Waals surface area (Å²) in [5.74, 6) is 0. The maximum atomic E-state index is 6.25. The van der Waals surface area contributed by atoms with Crippen LogP contribution in [0.5, 0.6) is 0 Å². The molecule has 0 spiro atoms. The van der Waals surface area contributed by atoms with E-state index >= 15 is 0 Å². The summed E-state index contributed by atoms with van der Waals surface area (Å²) >= 11 is 0. The van der Waals surface area contributed by atoms with Crippen LogP contribution < -0.4 is 15.5 Å². The van der Waals surface area contributed by atoms with Crippen LogP contribution in [0.25, 0.3) is 0 Å². The second-order valence-corrected chi connectivity index (χ2v) is 5.99. The first-order valence-corrected chi connectivity index (χ1v) is 7.96. The third-order valence-electron chi connectivity index (χ3n) is 4.63. The van der Waals surface area contributed by atoms with E-state index in [1.54, 1.807) is 0 Å². The van der Waals surface area contributed by atoms with Crippen molar-refractivity contribution in [2.75, 3.05) is 36.5 Å². The molecule has 3 nitrogen and oxygen atoms in total. The highest BCUT2D eigenvalue weighted by Crippen LogP contribution is 2.39. The summed E-state index contributed by atoms with van der Waals surface area (Å²) in [7, 11) is 2.18. The minimum absolute atomic E-state index is 0.126. The average molecular weight is 275 g/mol. The Morgan fingerprint density at radius 2 is 1.65 bits per heavy atom. The van der Waals surface area contributed by atoms with E-state index in [0.717, 1.165) is 19.6 Å². The van der Waals surface area contributed by atoms with Gasteiger partial charge in [-0.2, -0.15) is 0 Å². The molecule has 0 aromatic heterocycles. The van der Waals surface area contributed by atoms with Gasteiger partial charge in [0.05, 0.1) is 16.9 Å². The van der Waals surface area contributed by atoms with Crippen LogP contribution in [-0.2, 0) is 0 Å². The number of para-hydroxylation sites is 2. The van der Waals surface area contributed by atoms with E-state index in [9.17, 15) is 0 Å². The van der Waals surface area contributed by atoms with E-state index in [-0.39, 0.29) is 5.54 Å². The lowest BCUT2D eigenvalue weighted by Crippen LogP contribution is -2.58. The molecule has 1 heterocycles. The molecule has 0 radical (unpaired) electrons. The summed E-state index contributed by atoms with van der Waals surface area (Å²) < 4.78 is 0. The molecule has 1 aliphatic heterocycles. The number of nitrogens with zero attached hydrogens (tertiary/aromatic N) is 2. The molecule has 0 saturated carbocycles. The second kappa shape index (κ2) is 6.49. The van der Waals surface area contributed by atoms with Gasteiger partial charge in [0.25, 0.3) is 0 Å². The highest BCUT2D eigenvalue weighted by Gasteiger charge is 2.37.